The topological polar surface area (TPSA) is 40.5 Å². The van der Waals surface area contributed by atoms with E-state index in [0.717, 1.165) is 32.1 Å². The standard InChI is InChI=1S/C21H27ClO2/c1-3-21(24)19(22)9-8-18-17-6-4-13-12-14(23)5-7-15(13)16(17)10-11-20(18,21)2/h5,7,9,12,16-18,23-24H,3-4,6,8,10-11H2,1-2H3/t16-,17-,18+,20+,21+/m1/s1. The van der Waals surface area contributed by atoms with Gasteiger partial charge in [0.05, 0.1) is 0 Å². The smallest absolute Gasteiger partial charge is 0.115 e. The molecule has 2 N–H and O–H groups in total. The molecular formula is C21H27ClO2. The average molecular weight is 347 g/mol. The van der Waals surface area contributed by atoms with E-state index < -0.39 is 5.60 Å². The van der Waals surface area contributed by atoms with Gasteiger partial charge in [0.15, 0.2) is 0 Å². The fourth-order valence-corrected chi connectivity index (χ4v) is 6.52. The van der Waals surface area contributed by atoms with Gasteiger partial charge in [-0.25, -0.2) is 0 Å². The van der Waals surface area contributed by atoms with Crippen molar-refractivity contribution in [2.45, 2.75) is 63.9 Å². The Morgan fingerprint density at radius 3 is 2.83 bits per heavy atom. The van der Waals surface area contributed by atoms with Gasteiger partial charge < -0.3 is 10.2 Å². The molecule has 0 saturated heterocycles. The van der Waals surface area contributed by atoms with Crippen molar-refractivity contribution in [3.05, 3.63) is 40.4 Å². The fraction of sp³-hybridized carbons (Fsp3) is 0.619. The predicted molar refractivity (Wildman–Crippen MR) is 97.3 cm³/mol. The van der Waals surface area contributed by atoms with Crippen molar-refractivity contribution in [2.24, 2.45) is 17.3 Å². The van der Waals surface area contributed by atoms with Crippen molar-refractivity contribution >= 4 is 11.6 Å². The van der Waals surface area contributed by atoms with E-state index in [2.05, 4.69) is 26.0 Å². The van der Waals surface area contributed by atoms with E-state index in [-0.39, 0.29) is 5.41 Å². The summed E-state index contributed by atoms with van der Waals surface area (Å²) in [5.41, 5.74) is 1.72. The molecule has 0 aromatic heterocycles. The Labute approximate surface area is 149 Å². The van der Waals surface area contributed by atoms with Gasteiger partial charge in [-0.05, 0) is 79.5 Å². The van der Waals surface area contributed by atoms with Crippen LogP contribution in [0, 0.1) is 17.3 Å². The quantitative estimate of drug-likeness (QED) is 0.740. The molecule has 1 saturated carbocycles. The van der Waals surface area contributed by atoms with Crippen LogP contribution >= 0.6 is 11.6 Å². The minimum Gasteiger partial charge on any atom is -0.508 e. The van der Waals surface area contributed by atoms with E-state index in [4.69, 9.17) is 11.6 Å². The molecule has 0 radical (unpaired) electrons. The van der Waals surface area contributed by atoms with Crippen LogP contribution in [0.15, 0.2) is 29.3 Å². The van der Waals surface area contributed by atoms with E-state index in [0.29, 0.717) is 35.0 Å². The van der Waals surface area contributed by atoms with E-state index in [1.807, 2.05) is 12.1 Å². The maximum Gasteiger partial charge on any atom is 0.115 e. The Kier molecular flexibility index (Phi) is 3.78. The lowest BCUT2D eigenvalue weighted by Gasteiger charge is -2.59. The molecule has 2 nitrogen and oxygen atoms in total. The SMILES string of the molecule is CC[C@]1(O)C(Cl)=CC[C@H]2[C@@H]3CCc4cc(O)ccc4[C@H]3CC[C@@]21C. The number of phenolic OH excluding ortho intramolecular Hbond substituents is 1. The second-order valence-corrected chi connectivity index (χ2v) is 8.66. The number of hydrogen-bond donors (Lipinski definition) is 2. The molecule has 1 aromatic rings. The Morgan fingerprint density at radius 2 is 2.08 bits per heavy atom. The molecule has 24 heavy (non-hydrogen) atoms. The Morgan fingerprint density at radius 1 is 1.29 bits per heavy atom. The molecule has 130 valence electrons. The molecule has 3 heteroatoms. The number of rotatable bonds is 1. The highest BCUT2D eigenvalue weighted by atomic mass is 35.5. The molecule has 3 aliphatic carbocycles. The molecule has 0 unspecified atom stereocenters. The molecule has 3 aliphatic rings. The largest absolute Gasteiger partial charge is 0.508 e. The molecule has 0 heterocycles. The van der Waals surface area contributed by atoms with E-state index in [1.165, 1.54) is 11.1 Å². The lowest BCUT2D eigenvalue weighted by Crippen LogP contribution is -2.57. The first-order valence-corrected chi connectivity index (χ1v) is 9.69. The highest BCUT2D eigenvalue weighted by Gasteiger charge is 2.59. The van der Waals surface area contributed by atoms with Crippen molar-refractivity contribution in [3.63, 3.8) is 0 Å². The zero-order chi connectivity index (χ0) is 17.1. The van der Waals surface area contributed by atoms with Crippen LogP contribution in [0.3, 0.4) is 0 Å². The van der Waals surface area contributed by atoms with Gasteiger partial charge in [0, 0.05) is 10.4 Å². The van der Waals surface area contributed by atoms with Crippen LogP contribution in [0.5, 0.6) is 5.75 Å². The zero-order valence-electron chi connectivity index (χ0n) is 14.6. The summed E-state index contributed by atoms with van der Waals surface area (Å²) in [5, 5.41) is 21.8. The van der Waals surface area contributed by atoms with Gasteiger partial charge in [-0.3, -0.25) is 0 Å². The maximum atomic E-state index is 11.4. The minimum absolute atomic E-state index is 0.136. The van der Waals surface area contributed by atoms with Crippen molar-refractivity contribution in [1.29, 1.82) is 0 Å². The molecule has 5 atom stereocenters. The van der Waals surface area contributed by atoms with Crippen LogP contribution in [-0.4, -0.2) is 15.8 Å². The van der Waals surface area contributed by atoms with Crippen LogP contribution in [0.25, 0.3) is 0 Å². The Hall–Kier alpha value is -0.990. The summed E-state index contributed by atoms with van der Waals surface area (Å²) in [4.78, 5) is 0. The monoisotopic (exact) mass is 346 g/mol. The minimum atomic E-state index is -0.877. The Bertz CT molecular complexity index is 697. The molecule has 4 rings (SSSR count). The van der Waals surface area contributed by atoms with E-state index in [9.17, 15) is 10.2 Å². The van der Waals surface area contributed by atoms with Crippen LogP contribution < -0.4 is 0 Å². The molecule has 0 aliphatic heterocycles. The van der Waals surface area contributed by atoms with Gasteiger partial charge in [-0.15, -0.1) is 0 Å². The number of aliphatic hydroxyl groups is 1. The summed E-state index contributed by atoms with van der Waals surface area (Å²) in [6, 6.07) is 5.90. The van der Waals surface area contributed by atoms with Crippen LogP contribution in [0.2, 0.25) is 0 Å². The molecular weight excluding hydrogens is 320 g/mol. The van der Waals surface area contributed by atoms with Gasteiger partial charge in [-0.2, -0.15) is 0 Å². The number of phenols is 1. The summed E-state index contributed by atoms with van der Waals surface area (Å²) in [7, 11) is 0. The summed E-state index contributed by atoms with van der Waals surface area (Å²) in [6.07, 6.45) is 8.01. The third-order valence-corrected chi connectivity index (χ3v) is 7.97. The number of benzene rings is 1. The number of halogens is 1. The third-order valence-electron chi connectivity index (χ3n) is 7.50. The van der Waals surface area contributed by atoms with E-state index in [1.54, 1.807) is 0 Å². The second kappa shape index (κ2) is 5.51. The van der Waals surface area contributed by atoms with Crippen molar-refractivity contribution in [3.8, 4) is 5.75 Å². The fourth-order valence-electron chi connectivity index (χ4n) is 6.08. The average Bonchev–Trinajstić information content (AvgIpc) is 2.58. The highest BCUT2D eigenvalue weighted by Crippen LogP contribution is 2.63. The summed E-state index contributed by atoms with van der Waals surface area (Å²) < 4.78 is 0. The van der Waals surface area contributed by atoms with E-state index >= 15 is 0 Å². The first kappa shape index (κ1) is 16.5. The number of allylic oxidation sites excluding steroid dienone is 1. The lowest BCUT2D eigenvalue weighted by atomic mass is 9.47. The second-order valence-electron chi connectivity index (χ2n) is 8.26. The molecule has 1 aromatic carbocycles. The molecule has 0 bridgehead atoms. The van der Waals surface area contributed by atoms with Gasteiger partial charge in [0.25, 0.3) is 0 Å². The maximum absolute atomic E-state index is 11.4. The Balaban J connectivity index is 1.75. The first-order chi connectivity index (χ1) is 11.4. The number of aryl methyl sites for hydroxylation is 1. The number of aromatic hydroxyl groups is 1. The molecule has 0 spiro atoms. The first-order valence-electron chi connectivity index (χ1n) is 9.31. The molecule has 1 fully saturated rings. The zero-order valence-corrected chi connectivity index (χ0v) is 15.3. The van der Waals surface area contributed by atoms with Crippen LogP contribution in [-0.2, 0) is 6.42 Å². The van der Waals surface area contributed by atoms with Gasteiger partial charge in [-0.1, -0.05) is 37.6 Å². The van der Waals surface area contributed by atoms with Crippen LogP contribution in [0.1, 0.15) is 63.0 Å². The number of hydrogen-bond acceptors (Lipinski definition) is 2. The summed E-state index contributed by atoms with van der Waals surface area (Å²) in [6.45, 7) is 4.31. The third kappa shape index (κ3) is 2.05. The van der Waals surface area contributed by atoms with Gasteiger partial charge in [0.1, 0.15) is 11.4 Å². The predicted octanol–water partition coefficient (Wildman–Crippen LogP) is 5.12. The van der Waals surface area contributed by atoms with Gasteiger partial charge >= 0.3 is 0 Å². The summed E-state index contributed by atoms with van der Waals surface area (Å²) >= 11 is 6.49. The van der Waals surface area contributed by atoms with Crippen molar-refractivity contribution in [2.75, 3.05) is 0 Å². The summed E-state index contributed by atoms with van der Waals surface area (Å²) in [5.74, 6) is 2.00. The van der Waals surface area contributed by atoms with Crippen LogP contribution in [0.4, 0.5) is 0 Å². The molecule has 0 amide bonds. The van der Waals surface area contributed by atoms with Crippen molar-refractivity contribution < 1.29 is 10.2 Å². The highest BCUT2D eigenvalue weighted by molar-refractivity contribution is 6.30. The van der Waals surface area contributed by atoms with Gasteiger partial charge in [0.2, 0.25) is 0 Å². The normalized spacial score (nSPS) is 41.0. The lowest BCUT2D eigenvalue weighted by molar-refractivity contribution is -0.126. The number of fused-ring (bicyclic) bond motifs is 5. The van der Waals surface area contributed by atoms with Crippen molar-refractivity contribution in [1.82, 2.24) is 0 Å².